The summed E-state index contributed by atoms with van der Waals surface area (Å²) in [6, 6.07) is 14.5. The minimum Gasteiger partial charge on any atom is -0.350 e. The number of rotatable bonds is 3. The summed E-state index contributed by atoms with van der Waals surface area (Å²) in [6.07, 6.45) is 0. The molecule has 0 fully saturated rings. The van der Waals surface area contributed by atoms with Gasteiger partial charge < -0.3 is 4.90 Å². The van der Waals surface area contributed by atoms with Gasteiger partial charge in [-0.3, -0.25) is 10.1 Å². The zero-order valence-electron chi connectivity index (χ0n) is 12.9. The summed E-state index contributed by atoms with van der Waals surface area (Å²) >= 11 is 0. The second-order valence-electron chi connectivity index (χ2n) is 5.50. The Morgan fingerprint density at radius 1 is 1.12 bits per heavy atom. The maximum absolute atomic E-state index is 12.2. The first-order chi connectivity index (χ1) is 11.4. The fourth-order valence-corrected chi connectivity index (χ4v) is 4.06. The number of nitrogens with zero attached hydrogens (tertiary/aromatic N) is 3. The van der Waals surface area contributed by atoms with Crippen LogP contribution in [0.15, 0.2) is 59.0 Å². The Kier molecular flexibility index (Phi) is 4.06. The van der Waals surface area contributed by atoms with Crippen LogP contribution in [0.5, 0.6) is 0 Å². The zero-order chi connectivity index (χ0) is 17.3. The first kappa shape index (κ1) is 16.1. The minimum atomic E-state index is -3.62. The molecule has 7 nitrogen and oxygen atoms in total. The van der Waals surface area contributed by atoms with E-state index < -0.39 is 21.0 Å². The summed E-state index contributed by atoms with van der Waals surface area (Å²) in [5, 5.41) is 10.8. The van der Waals surface area contributed by atoms with E-state index in [0.717, 1.165) is 0 Å². The van der Waals surface area contributed by atoms with Crippen molar-refractivity contribution in [3.05, 3.63) is 75.8 Å². The maximum Gasteiger partial charge on any atom is 0.269 e. The molecule has 24 heavy (non-hydrogen) atoms. The van der Waals surface area contributed by atoms with Gasteiger partial charge in [-0.1, -0.05) is 42.5 Å². The molecular weight excluding hydrogens is 330 g/mol. The van der Waals surface area contributed by atoms with E-state index in [1.807, 2.05) is 18.2 Å². The van der Waals surface area contributed by atoms with Crippen molar-refractivity contribution in [2.45, 2.75) is 6.04 Å². The third-order valence-corrected chi connectivity index (χ3v) is 5.10. The average molecular weight is 345 g/mol. The number of nitro benzene ring substituents is 1. The van der Waals surface area contributed by atoms with E-state index >= 15 is 0 Å². The normalized spacial score (nSPS) is 19.6. The van der Waals surface area contributed by atoms with Crippen LogP contribution >= 0.6 is 0 Å². The van der Waals surface area contributed by atoms with Crippen LogP contribution in [-0.4, -0.2) is 36.9 Å². The Balaban J connectivity index is 2.01. The molecule has 3 rings (SSSR count). The molecule has 0 aromatic heterocycles. The standard InChI is InChI=1S/C16H15N3O4S/c1-18-15(12-7-9-14(10-8-12)19(20)21)11-24(22,23)17-16(18)13-5-3-2-4-6-13/h2-10,15H,11H2,1H3. The lowest BCUT2D eigenvalue weighted by Gasteiger charge is -2.34. The fourth-order valence-electron chi connectivity index (χ4n) is 2.67. The largest absolute Gasteiger partial charge is 0.350 e. The van der Waals surface area contributed by atoms with Crippen molar-refractivity contribution in [3.63, 3.8) is 0 Å². The first-order valence-electron chi connectivity index (χ1n) is 7.22. The molecule has 8 heteroatoms. The topological polar surface area (TPSA) is 92.9 Å². The highest BCUT2D eigenvalue weighted by molar-refractivity contribution is 7.90. The molecule has 0 N–H and O–H groups in total. The molecule has 2 aromatic rings. The lowest BCUT2D eigenvalue weighted by Crippen LogP contribution is -2.40. The predicted molar refractivity (Wildman–Crippen MR) is 90.4 cm³/mol. The second kappa shape index (κ2) is 6.04. The molecule has 1 atom stereocenters. The van der Waals surface area contributed by atoms with Gasteiger partial charge in [0.1, 0.15) is 5.84 Å². The van der Waals surface area contributed by atoms with Gasteiger partial charge in [-0.2, -0.15) is 0 Å². The molecule has 0 radical (unpaired) electrons. The van der Waals surface area contributed by atoms with Crippen molar-refractivity contribution in [1.29, 1.82) is 0 Å². The summed E-state index contributed by atoms with van der Waals surface area (Å²) in [4.78, 5) is 12.1. The highest BCUT2D eigenvalue weighted by Crippen LogP contribution is 2.29. The summed E-state index contributed by atoms with van der Waals surface area (Å²) in [5.41, 5.74) is 1.36. The van der Waals surface area contributed by atoms with Crippen molar-refractivity contribution in [1.82, 2.24) is 4.90 Å². The monoisotopic (exact) mass is 345 g/mol. The number of hydrogen-bond acceptors (Lipinski definition) is 5. The number of amidine groups is 1. The molecule has 2 aromatic carbocycles. The van der Waals surface area contributed by atoms with Crippen molar-refractivity contribution in [3.8, 4) is 0 Å². The van der Waals surface area contributed by atoms with Crippen LogP contribution in [0.3, 0.4) is 0 Å². The van der Waals surface area contributed by atoms with Crippen LogP contribution in [0.2, 0.25) is 0 Å². The van der Waals surface area contributed by atoms with Gasteiger partial charge in [0.05, 0.1) is 16.7 Å². The lowest BCUT2D eigenvalue weighted by atomic mass is 10.1. The molecule has 1 aliphatic rings. The zero-order valence-corrected chi connectivity index (χ0v) is 13.7. The molecule has 1 heterocycles. The van der Waals surface area contributed by atoms with Crippen molar-refractivity contribution in [2.24, 2.45) is 4.40 Å². The van der Waals surface area contributed by atoms with E-state index in [0.29, 0.717) is 17.0 Å². The Morgan fingerprint density at radius 2 is 1.75 bits per heavy atom. The first-order valence-corrected chi connectivity index (χ1v) is 8.83. The van der Waals surface area contributed by atoms with Crippen LogP contribution in [-0.2, 0) is 10.0 Å². The summed E-state index contributed by atoms with van der Waals surface area (Å²) in [7, 11) is -1.85. The average Bonchev–Trinajstić information content (AvgIpc) is 2.57. The highest BCUT2D eigenvalue weighted by Gasteiger charge is 2.32. The quantitative estimate of drug-likeness (QED) is 0.629. The number of benzene rings is 2. The molecule has 0 saturated heterocycles. The Bertz CT molecular complexity index is 893. The van der Waals surface area contributed by atoms with Crippen LogP contribution < -0.4 is 0 Å². The van der Waals surface area contributed by atoms with Gasteiger partial charge >= 0.3 is 0 Å². The van der Waals surface area contributed by atoms with E-state index in [4.69, 9.17) is 0 Å². The molecule has 0 aliphatic carbocycles. The van der Waals surface area contributed by atoms with Gasteiger partial charge in [0.2, 0.25) is 0 Å². The fraction of sp³-hybridized carbons (Fsp3) is 0.188. The number of sulfonamides is 1. The maximum atomic E-state index is 12.2. The SMILES string of the molecule is CN1C(c2ccccc2)=NS(=O)(=O)CC1c1ccc([N+](=O)[O-])cc1. The summed E-state index contributed by atoms with van der Waals surface area (Å²) in [5.74, 6) is 0.197. The van der Waals surface area contributed by atoms with Crippen LogP contribution in [0.4, 0.5) is 5.69 Å². The number of nitro groups is 1. The second-order valence-corrected chi connectivity index (χ2v) is 7.18. The molecular formula is C16H15N3O4S. The predicted octanol–water partition coefficient (Wildman–Crippen LogP) is 2.36. The lowest BCUT2D eigenvalue weighted by molar-refractivity contribution is -0.384. The summed E-state index contributed by atoms with van der Waals surface area (Å²) in [6.45, 7) is 0. The van der Waals surface area contributed by atoms with Gasteiger partial charge in [0.25, 0.3) is 15.7 Å². The van der Waals surface area contributed by atoms with E-state index in [1.165, 1.54) is 12.1 Å². The third-order valence-electron chi connectivity index (χ3n) is 3.92. The van der Waals surface area contributed by atoms with Crippen LogP contribution in [0.25, 0.3) is 0 Å². The molecule has 124 valence electrons. The minimum absolute atomic E-state index is 0.0305. The van der Waals surface area contributed by atoms with Crippen LogP contribution in [0, 0.1) is 10.1 Å². The number of non-ortho nitro benzene ring substituents is 1. The Morgan fingerprint density at radius 3 is 2.33 bits per heavy atom. The molecule has 1 aliphatic heterocycles. The van der Waals surface area contributed by atoms with E-state index in [1.54, 1.807) is 36.2 Å². The van der Waals surface area contributed by atoms with Crippen molar-refractivity contribution >= 4 is 21.5 Å². The Hall–Kier alpha value is -2.74. The van der Waals surface area contributed by atoms with Crippen molar-refractivity contribution in [2.75, 3.05) is 12.8 Å². The van der Waals surface area contributed by atoms with Gasteiger partial charge in [0.15, 0.2) is 0 Å². The summed E-state index contributed by atoms with van der Waals surface area (Å²) < 4.78 is 28.3. The van der Waals surface area contributed by atoms with Crippen LogP contribution in [0.1, 0.15) is 17.2 Å². The third kappa shape index (κ3) is 3.13. The highest BCUT2D eigenvalue weighted by atomic mass is 32.2. The molecule has 0 bridgehead atoms. The van der Waals surface area contributed by atoms with Gasteiger partial charge in [-0.25, -0.2) is 8.42 Å². The number of hydrogen-bond donors (Lipinski definition) is 0. The van der Waals surface area contributed by atoms with Gasteiger partial charge in [-0.05, 0) is 5.56 Å². The molecule has 1 unspecified atom stereocenters. The molecule has 0 amide bonds. The van der Waals surface area contributed by atoms with Crippen molar-refractivity contribution < 1.29 is 13.3 Å². The molecule has 0 saturated carbocycles. The van der Waals surface area contributed by atoms with E-state index in [-0.39, 0.29) is 11.4 Å². The van der Waals surface area contributed by atoms with E-state index in [2.05, 4.69) is 4.40 Å². The molecule has 0 spiro atoms. The van der Waals surface area contributed by atoms with E-state index in [9.17, 15) is 18.5 Å². The van der Waals surface area contributed by atoms with Gasteiger partial charge in [0, 0.05) is 24.7 Å². The Labute approximate surface area is 139 Å². The smallest absolute Gasteiger partial charge is 0.269 e. The van der Waals surface area contributed by atoms with Gasteiger partial charge in [-0.15, -0.1) is 4.40 Å².